The van der Waals surface area contributed by atoms with Crippen LogP contribution in [-0.4, -0.2) is 66.1 Å². The molecule has 0 bridgehead atoms. The zero-order valence-electron chi connectivity index (χ0n) is 19.4. The first-order valence-electron chi connectivity index (χ1n) is 11.4. The number of benzene rings is 2. The number of hydrogen-bond donors (Lipinski definition) is 2. The van der Waals surface area contributed by atoms with Crippen LogP contribution in [0.4, 0.5) is 11.4 Å². The van der Waals surface area contributed by atoms with Crippen molar-refractivity contribution in [2.75, 3.05) is 38.1 Å². The van der Waals surface area contributed by atoms with E-state index in [0.717, 1.165) is 37.5 Å². The maximum Gasteiger partial charge on any atom is 0.187 e. The molecule has 1 aliphatic heterocycles. The second kappa shape index (κ2) is 10.8. The topological polar surface area (TPSA) is 60.5 Å². The molecule has 2 aromatic rings. The van der Waals surface area contributed by atoms with Gasteiger partial charge in [-0.05, 0) is 62.9 Å². The molecule has 32 heavy (non-hydrogen) atoms. The van der Waals surface area contributed by atoms with Crippen LogP contribution in [-0.2, 0) is 6.42 Å². The normalized spacial score (nSPS) is 17.0. The Morgan fingerprint density at radius 2 is 1.72 bits per heavy atom. The second-order valence-corrected chi connectivity index (χ2v) is 9.03. The summed E-state index contributed by atoms with van der Waals surface area (Å²) in [6, 6.07) is 15.5. The minimum Gasteiger partial charge on any atom is -0.491 e. The van der Waals surface area contributed by atoms with E-state index in [0.29, 0.717) is 25.1 Å². The Bertz CT molecular complexity index is 882. The van der Waals surface area contributed by atoms with Crippen LogP contribution in [0, 0.1) is 6.57 Å². The van der Waals surface area contributed by atoms with Crippen LogP contribution in [0.5, 0.6) is 5.75 Å². The number of nitrogens with zero attached hydrogens (tertiary/aromatic N) is 3. The summed E-state index contributed by atoms with van der Waals surface area (Å²) in [7, 11) is 1.93. The fraction of sp³-hybridized carbons (Fsp3) is 0.500. The quantitative estimate of drug-likeness (QED) is 0.583. The Hall–Kier alpha value is -2.59. The van der Waals surface area contributed by atoms with Gasteiger partial charge >= 0.3 is 0 Å². The van der Waals surface area contributed by atoms with E-state index in [1.54, 1.807) is 0 Å². The zero-order valence-corrected chi connectivity index (χ0v) is 19.4. The third-order valence-electron chi connectivity index (χ3n) is 6.22. The number of piperidine rings is 1. The van der Waals surface area contributed by atoms with Gasteiger partial charge in [0, 0.05) is 38.9 Å². The van der Waals surface area contributed by atoms with E-state index >= 15 is 0 Å². The summed E-state index contributed by atoms with van der Waals surface area (Å²) in [5, 5.41) is 21.9. The summed E-state index contributed by atoms with van der Waals surface area (Å²) < 4.78 is 5.69. The van der Waals surface area contributed by atoms with Gasteiger partial charge in [-0.15, -0.1) is 0 Å². The molecule has 172 valence electrons. The van der Waals surface area contributed by atoms with Gasteiger partial charge < -0.3 is 24.7 Å². The van der Waals surface area contributed by atoms with Crippen molar-refractivity contribution >= 4 is 11.4 Å². The van der Waals surface area contributed by atoms with E-state index in [-0.39, 0.29) is 6.10 Å². The van der Waals surface area contributed by atoms with Crippen LogP contribution in [0.2, 0.25) is 0 Å². The van der Waals surface area contributed by atoms with Crippen molar-refractivity contribution in [3.63, 3.8) is 0 Å². The van der Waals surface area contributed by atoms with Crippen molar-refractivity contribution in [2.45, 2.75) is 50.9 Å². The highest BCUT2D eigenvalue weighted by Crippen LogP contribution is 2.28. The second-order valence-electron chi connectivity index (χ2n) is 9.03. The van der Waals surface area contributed by atoms with Crippen molar-refractivity contribution in [1.29, 1.82) is 0 Å². The first-order chi connectivity index (χ1) is 15.3. The summed E-state index contributed by atoms with van der Waals surface area (Å²) in [6.45, 7) is 13.8. The van der Waals surface area contributed by atoms with Crippen LogP contribution < -0.4 is 9.64 Å². The lowest BCUT2D eigenvalue weighted by Gasteiger charge is -2.42. The molecule has 1 fully saturated rings. The minimum atomic E-state index is -1.07. The molecule has 3 rings (SSSR count). The van der Waals surface area contributed by atoms with Crippen LogP contribution >= 0.6 is 0 Å². The van der Waals surface area contributed by atoms with Crippen molar-refractivity contribution < 1.29 is 14.9 Å². The lowest BCUT2D eigenvalue weighted by atomic mass is 9.85. The molecular formula is C26H35N3O3. The first kappa shape index (κ1) is 24.1. The van der Waals surface area contributed by atoms with Crippen molar-refractivity contribution in [1.82, 2.24) is 4.90 Å². The molecule has 1 atom stereocenters. The lowest BCUT2D eigenvalue weighted by molar-refractivity contribution is -0.104. The van der Waals surface area contributed by atoms with Gasteiger partial charge in [-0.2, -0.15) is 0 Å². The molecule has 0 saturated carbocycles. The number of aliphatic hydroxyl groups is 2. The lowest BCUT2D eigenvalue weighted by Crippen LogP contribution is -2.54. The summed E-state index contributed by atoms with van der Waals surface area (Å²) in [5.74, 6) is 0.825. The minimum absolute atomic E-state index is 0.130. The molecule has 1 unspecified atom stereocenters. The van der Waals surface area contributed by atoms with Gasteiger partial charge in [0.05, 0.1) is 18.3 Å². The van der Waals surface area contributed by atoms with E-state index in [1.165, 1.54) is 5.56 Å². The maximum absolute atomic E-state index is 11.1. The molecule has 0 aliphatic carbocycles. The van der Waals surface area contributed by atoms with Gasteiger partial charge in [0.2, 0.25) is 0 Å². The fourth-order valence-electron chi connectivity index (χ4n) is 4.11. The molecule has 6 heteroatoms. The molecule has 2 N–H and O–H groups in total. The highest BCUT2D eigenvalue weighted by atomic mass is 16.5. The summed E-state index contributed by atoms with van der Waals surface area (Å²) >= 11 is 0. The smallest absolute Gasteiger partial charge is 0.187 e. The number of anilines is 1. The standard InChI is InChI=1S/C26H35N3O3/c1-20(2)32-24-11-9-23(10-12-24)28(4)19-25(30)26(31)14-17-29(18-15-26)16-13-21-5-7-22(27-3)8-6-21/h5-12,20,25,30-31H,13-19H2,1-2,4H3. The van der Waals surface area contributed by atoms with Gasteiger partial charge in [0.25, 0.3) is 0 Å². The predicted octanol–water partition coefficient (Wildman–Crippen LogP) is 3.89. The summed E-state index contributed by atoms with van der Waals surface area (Å²) in [5.41, 5.74) is 1.79. The highest BCUT2D eigenvalue weighted by molar-refractivity contribution is 5.48. The van der Waals surface area contributed by atoms with Crippen molar-refractivity contribution in [2.24, 2.45) is 0 Å². The highest BCUT2D eigenvalue weighted by Gasteiger charge is 2.39. The van der Waals surface area contributed by atoms with Crippen molar-refractivity contribution in [3.05, 3.63) is 65.5 Å². The molecule has 0 amide bonds. The Kier molecular flexibility index (Phi) is 8.14. The molecule has 1 heterocycles. The molecule has 1 aliphatic rings. The molecule has 6 nitrogen and oxygen atoms in total. The molecule has 1 saturated heterocycles. The van der Waals surface area contributed by atoms with Crippen LogP contribution in [0.25, 0.3) is 4.85 Å². The van der Waals surface area contributed by atoms with E-state index in [9.17, 15) is 10.2 Å². The molecule has 0 spiro atoms. The number of rotatable bonds is 9. The van der Waals surface area contributed by atoms with Gasteiger partial charge in [-0.25, -0.2) is 4.85 Å². The van der Waals surface area contributed by atoms with Crippen molar-refractivity contribution in [3.8, 4) is 5.75 Å². The number of aliphatic hydroxyl groups excluding tert-OH is 1. The summed E-state index contributed by atoms with van der Waals surface area (Å²) in [4.78, 5) is 7.73. The predicted molar refractivity (Wildman–Crippen MR) is 129 cm³/mol. The number of likely N-dealkylation sites (N-methyl/N-ethyl adjacent to an activating group) is 1. The average Bonchev–Trinajstić information content (AvgIpc) is 2.79. The van der Waals surface area contributed by atoms with Crippen LogP contribution in [0.15, 0.2) is 48.5 Å². The van der Waals surface area contributed by atoms with E-state index in [2.05, 4.69) is 9.74 Å². The first-order valence-corrected chi connectivity index (χ1v) is 11.4. The molecule has 0 aromatic heterocycles. The van der Waals surface area contributed by atoms with E-state index in [4.69, 9.17) is 11.3 Å². The van der Waals surface area contributed by atoms with Gasteiger partial charge in [0.15, 0.2) is 5.69 Å². The molecule has 2 aromatic carbocycles. The third kappa shape index (κ3) is 6.46. The van der Waals surface area contributed by atoms with Gasteiger partial charge in [-0.1, -0.05) is 24.3 Å². The monoisotopic (exact) mass is 437 g/mol. The Balaban J connectivity index is 1.46. The van der Waals surface area contributed by atoms with Crippen LogP contribution in [0.1, 0.15) is 32.3 Å². The zero-order chi connectivity index (χ0) is 23.1. The number of ether oxygens (including phenoxy) is 1. The molecule has 0 radical (unpaired) electrons. The van der Waals surface area contributed by atoms with Crippen LogP contribution in [0.3, 0.4) is 0 Å². The summed E-state index contributed by atoms with van der Waals surface area (Å²) in [6.07, 6.45) is 1.34. The number of hydrogen-bond acceptors (Lipinski definition) is 5. The SMILES string of the molecule is [C-]#[N+]c1ccc(CCN2CCC(O)(C(O)CN(C)c3ccc(OC(C)C)cc3)CC2)cc1. The largest absolute Gasteiger partial charge is 0.491 e. The van der Waals surface area contributed by atoms with Gasteiger partial charge in [-0.3, -0.25) is 0 Å². The number of likely N-dealkylation sites (tertiary alicyclic amines) is 1. The average molecular weight is 438 g/mol. The maximum atomic E-state index is 11.1. The third-order valence-corrected chi connectivity index (χ3v) is 6.22. The fourth-order valence-corrected chi connectivity index (χ4v) is 4.11. The Morgan fingerprint density at radius 3 is 2.28 bits per heavy atom. The Labute approximate surface area is 191 Å². The molecular weight excluding hydrogens is 402 g/mol. The van der Waals surface area contributed by atoms with E-state index < -0.39 is 11.7 Å². The van der Waals surface area contributed by atoms with E-state index in [1.807, 2.05) is 74.3 Å². The van der Waals surface area contributed by atoms with Gasteiger partial charge in [0.1, 0.15) is 11.9 Å². The Morgan fingerprint density at radius 1 is 1.09 bits per heavy atom.